The van der Waals surface area contributed by atoms with Gasteiger partial charge in [-0.1, -0.05) is 12.1 Å². The van der Waals surface area contributed by atoms with Gasteiger partial charge in [-0.3, -0.25) is 9.59 Å². The molecular weight excluding hydrogens is 320 g/mol. The molecule has 0 aliphatic carbocycles. The van der Waals surface area contributed by atoms with E-state index in [1.807, 2.05) is 12.1 Å². The Kier molecular flexibility index (Phi) is 4.63. The lowest BCUT2D eigenvalue weighted by atomic mass is 9.86. The highest BCUT2D eigenvalue weighted by Gasteiger charge is 2.42. The Labute approximate surface area is 146 Å². The number of rotatable bonds is 4. The molecule has 1 saturated heterocycles. The van der Waals surface area contributed by atoms with Crippen molar-refractivity contribution in [1.29, 1.82) is 0 Å². The van der Waals surface area contributed by atoms with Crippen molar-refractivity contribution in [2.75, 3.05) is 13.7 Å². The van der Waals surface area contributed by atoms with Crippen LogP contribution in [0.15, 0.2) is 47.4 Å². The first kappa shape index (κ1) is 17.2. The molecule has 2 N–H and O–H groups in total. The molecule has 2 atom stereocenters. The number of amides is 1. The molecule has 1 aliphatic rings. The fourth-order valence-corrected chi connectivity index (χ4v) is 3.42. The maximum atomic E-state index is 12.8. The summed E-state index contributed by atoms with van der Waals surface area (Å²) in [6, 6.07) is 9.75. The fraction of sp³-hybridized carbons (Fsp3) is 0.368. The molecule has 6 nitrogen and oxygen atoms in total. The van der Waals surface area contributed by atoms with Gasteiger partial charge in [0.05, 0.1) is 18.7 Å². The van der Waals surface area contributed by atoms with E-state index in [4.69, 9.17) is 4.74 Å². The summed E-state index contributed by atoms with van der Waals surface area (Å²) in [6.07, 6.45) is 2.96. The molecule has 132 valence electrons. The summed E-state index contributed by atoms with van der Waals surface area (Å²) in [7, 11) is 1.59. The fourth-order valence-electron chi connectivity index (χ4n) is 3.42. The number of pyridine rings is 1. The van der Waals surface area contributed by atoms with Gasteiger partial charge in [0.15, 0.2) is 0 Å². The molecule has 0 spiro atoms. The third-order valence-corrected chi connectivity index (χ3v) is 4.87. The van der Waals surface area contributed by atoms with Crippen molar-refractivity contribution < 1.29 is 14.6 Å². The van der Waals surface area contributed by atoms with Crippen LogP contribution >= 0.6 is 0 Å². The number of hydrogen-bond donors (Lipinski definition) is 2. The van der Waals surface area contributed by atoms with Gasteiger partial charge in [0.2, 0.25) is 5.56 Å². The van der Waals surface area contributed by atoms with Gasteiger partial charge in [-0.05, 0) is 43.5 Å². The van der Waals surface area contributed by atoms with E-state index in [0.29, 0.717) is 24.3 Å². The van der Waals surface area contributed by atoms with Crippen molar-refractivity contribution in [2.45, 2.75) is 31.4 Å². The van der Waals surface area contributed by atoms with Crippen LogP contribution in [0.1, 0.15) is 35.7 Å². The lowest BCUT2D eigenvalue weighted by Gasteiger charge is -2.37. The summed E-state index contributed by atoms with van der Waals surface area (Å²) in [5, 5.41) is 11.2. The van der Waals surface area contributed by atoms with E-state index in [1.54, 1.807) is 31.1 Å². The van der Waals surface area contributed by atoms with Crippen molar-refractivity contribution in [3.8, 4) is 5.75 Å². The van der Waals surface area contributed by atoms with Crippen LogP contribution < -0.4 is 10.3 Å². The topological polar surface area (TPSA) is 82.6 Å². The lowest BCUT2D eigenvalue weighted by molar-refractivity contribution is -0.0177. The van der Waals surface area contributed by atoms with Crippen LogP contribution in [-0.2, 0) is 5.60 Å². The van der Waals surface area contributed by atoms with Crippen LogP contribution in [-0.4, -0.2) is 40.6 Å². The molecule has 2 aromatic rings. The number of aromatic nitrogens is 1. The zero-order chi connectivity index (χ0) is 18.0. The van der Waals surface area contributed by atoms with Crippen molar-refractivity contribution in [2.24, 2.45) is 0 Å². The molecule has 1 amide bonds. The predicted molar refractivity (Wildman–Crippen MR) is 93.7 cm³/mol. The zero-order valence-electron chi connectivity index (χ0n) is 14.4. The first-order chi connectivity index (χ1) is 11.9. The van der Waals surface area contributed by atoms with Gasteiger partial charge in [-0.25, -0.2) is 0 Å². The van der Waals surface area contributed by atoms with Crippen LogP contribution in [0.5, 0.6) is 5.75 Å². The van der Waals surface area contributed by atoms with E-state index < -0.39 is 5.60 Å². The molecule has 6 heteroatoms. The quantitative estimate of drug-likeness (QED) is 0.889. The van der Waals surface area contributed by atoms with Gasteiger partial charge in [0.25, 0.3) is 5.91 Å². The molecule has 3 rings (SSSR count). The number of benzene rings is 1. The molecule has 1 aromatic heterocycles. The summed E-state index contributed by atoms with van der Waals surface area (Å²) in [4.78, 5) is 28.2. The van der Waals surface area contributed by atoms with E-state index in [2.05, 4.69) is 4.98 Å². The highest BCUT2D eigenvalue weighted by molar-refractivity contribution is 5.94. The number of H-pyrrole nitrogens is 1. The summed E-state index contributed by atoms with van der Waals surface area (Å²) < 4.78 is 5.16. The smallest absolute Gasteiger partial charge is 0.255 e. The van der Waals surface area contributed by atoms with E-state index in [9.17, 15) is 14.7 Å². The molecule has 0 bridgehead atoms. The Morgan fingerprint density at radius 1 is 1.28 bits per heavy atom. The van der Waals surface area contributed by atoms with Gasteiger partial charge in [0.1, 0.15) is 11.4 Å². The average molecular weight is 342 g/mol. The molecule has 0 unspecified atom stereocenters. The SMILES string of the molecule is COc1ccc([C@](C)(O)[C@@H]2CCCN2C(=O)c2ccc(=O)[nH]c2)cc1. The first-order valence-corrected chi connectivity index (χ1v) is 8.30. The van der Waals surface area contributed by atoms with Crippen LogP contribution in [0, 0.1) is 0 Å². The summed E-state index contributed by atoms with van der Waals surface area (Å²) in [5.41, 5.74) is -0.281. The van der Waals surface area contributed by atoms with E-state index in [-0.39, 0.29) is 17.5 Å². The van der Waals surface area contributed by atoms with Crippen molar-refractivity contribution in [3.63, 3.8) is 0 Å². The number of carbonyl (C=O) groups excluding carboxylic acids is 1. The number of hydrogen-bond acceptors (Lipinski definition) is 4. The molecule has 2 heterocycles. The number of nitrogens with zero attached hydrogens (tertiary/aromatic N) is 1. The van der Waals surface area contributed by atoms with Crippen LogP contribution in [0.25, 0.3) is 0 Å². The minimum Gasteiger partial charge on any atom is -0.497 e. The van der Waals surface area contributed by atoms with Crippen LogP contribution in [0.3, 0.4) is 0 Å². The Hall–Kier alpha value is -2.60. The van der Waals surface area contributed by atoms with Gasteiger partial charge >= 0.3 is 0 Å². The maximum Gasteiger partial charge on any atom is 0.255 e. The minimum atomic E-state index is -1.18. The van der Waals surface area contributed by atoms with Gasteiger partial charge in [-0.15, -0.1) is 0 Å². The highest BCUT2D eigenvalue weighted by Crippen LogP contribution is 2.36. The monoisotopic (exact) mass is 342 g/mol. The van der Waals surface area contributed by atoms with Crippen molar-refractivity contribution in [1.82, 2.24) is 9.88 Å². The number of likely N-dealkylation sites (tertiary alicyclic amines) is 1. The number of aromatic amines is 1. The largest absolute Gasteiger partial charge is 0.497 e. The number of nitrogens with one attached hydrogen (secondary N) is 1. The van der Waals surface area contributed by atoms with Gasteiger partial charge in [-0.2, -0.15) is 0 Å². The lowest BCUT2D eigenvalue weighted by Crippen LogP contribution is -2.48. The van der Waals surface area contributed by atoms with Gasteiger partial charge < -0.3 is 19.7 Å². The molecule has 1 aromatic carbocycles. The van der Waals surface area contributed by atoms with Crippen LogP contribution in [0.2, 0.25) is 0 Å². The third kappa shape index (κ3) is 3.30. The van der Waals surface area contributed by atoms with Crippen molar-refractivity contribution >= 4 is 5.91 Å². The predicted octanol–water partition coefficient (Wildman–Crippen LogP) is 1.90. The van der Waals surface area contributed by atoms with E-state index >= 15 is 0 Å². The van der Waals surface area contributed by atoms with Crippen molar-refractivity contribution in [3.05, 3.63) is 64.1 Å². The standard InChI is InChI=1S/C19H22N2O4/c1-19(24,14-6-8-15(25-2)9-7-14)16-4-3-11-21(16)18(23)13-5-10-17(22)20-12-13/h5-10,12,16,24H,3-4,11H2,1-2H3,(H,20,22)/t16-,19-/m0/s1. The third-order valence-electron chi connectivity index (χ3n) is 4.87. The van der Waals surface area contributed by atoms with Gasteiger partial charge in [0, 0.05) is 18.8 Å². The maximum absolute atomic E-state index is 12.8. The first-order valence-electron chi connectivity index (χ1n) is 8.30. The summed E-state index contributed by atoms with van der Waals surface area (Å²) in [6.45, 7) is 2.31. The number of carbonyl (C=O) groups is 1. The Morgan fingerprint density at radius 3 is 2.60 bits per heavy atom. The molecule has 25 heavy (non-hydrogen) atoms. The zero-order valence-corrected chi connectivity index (χ0v) is 14.4. The van der Waals surface area contributed by atoms with E-state index in [0.717, 1.165) is 12.0 Å². The molecule has 0 saturated carbocycles. The number of ether oxygens (including phenoxy) is 1. The highest BCUT2D eigenvalue weighted by atomic mass is 16.5. The summed E-state index contributed by atoms with van der Waals surface area (Å²) >= 11 is 0. The molecule has 1 aliphatic heterocycles. The molecule has 0 radical (unpaired) electrons. The average Bonchev–Trinajstić information content (AvgIpc) is 3.12. The normalized spacial score (nSPS) is 19.5. The Balaban J connectivity index is 1.87. The van der Waals surface area contributed by atoms with E-state index in [1.165, 1.54) is 18.3 Å². The Morgan fingerprint density at radius 2 is 2.00 bits per heavy atom. The Bertz CT molecular complexity index is 790. The number of methoxy groups -OCH3 is 1. The minimum absolute atomic E-state index is 0.187. The second kappa shape index (κ2) is 6.72. The second-order valence-electron chi connectivity index (χ2n) is 6.47. The van der Waals surface area contributed by atoms with Crippen LogP contribution in [0.4, 0.5) is 0 Å². The number of aliphatic hydroxyl groups is 1. The second-order valence-corrected chi connectivity index (χ2v) is 6.47. The molecule has 1 fully saturated rings. The summed E-state index contributed by atoms with van der Waals surface area (Å²) in [5.74, 6) is 0.527. The molecular formula is C19H22N2O4.